The van der Waals surface area contributed by atoms with Crippen molar-refractivity contribution in [2.75, 3.05) is 5.75 Å². The van der Waals surface area contributed by atoms with E-state index in [-0.39, 0.29) is 12.2 Å². The zero-order chi connectivity index (χ0) is 24.4. The standard InChI is InChI=1S/C18H29N7O6S/c1-8(2)14(25-15(27)10(19)6-32)17(29)23-11(4-13(20)26)16(28)24-12(18(30)31)3-9-5-21-7-22-9/h5,7-8,10-12,14,32H,3-4,6,19H2,1-2H3,(H2,20,26)(H,21,22)(H,23,29)(H,24,28)(H,25,27)(H,30,31). The van der Waals surface area contributed by atoms with E-state index in [0.717, 1.165) is 0 Å². The van der Waals surface area contributed by atoms with E-state index in [1.165, 1.54) is 12.5 Å². The summed E-state index contributed by atoms with van der Waals surface area (Å²) < 4.78 is 0. The van der Waals surface area contributed by atoms with Crippen LogP contribution in [0.2, 0.25) is 0 Å². The topological polar surface area (TPSA) is 222 Å². The van der Waals surface area contributed by atoms with Crippen LogP contribution >= 0.6 is 12.6 Å². The Hall–Kier alpha value is -3.13. The lowest BCUT2D eigenvalue weighted by atomic mass is 10.0. The number of hydrogen-bond acceptors (Lipinski definition) is 8. The number of hydrogen-bond donors (Lipinski definition) is 8. The molecule has 0 aromatic carbocycles. The van der Waals surface area contributed by atoms with Crippen molar-refractivity contribution < 1.29 is 29.1 Å². The zero-order valence-electron chi connectivity index (χ0n) is 17.7. The van der Waals surface area contributed by atoms with Gasteiger partial charge in [-0.2, -0.15) is 12.6 Å². The van der Waals surface area contributed by atoms with Gasteiger partial charge in [-0.05, 0) is 5.92 Å². The van der Waals surface area contributed by atoms with Crippen LogP contribution in [0.5, 0.6) is 0 Å². The molecule has 4 unspecified atom stereocenters. The molecule has 0 aliphatic rings. The van der Waals surface area contributed by atoms with Crippen LogP contribution in [0.1, 0.15) is 26.0 Å². The van der Waals surface area contributed by atoms with Gasteiger partial charge in [0.1, 0.15) is 18.1 Å². The third-order valence-corrected chi connectivity index (χ3v) is 4.81. The number of aromatic amines is 1. The lowest BCUT2D eigenvalue weighted by Crippen LogP contribution is -2.59. The number of amides is 4. The van der Waals surface area contributed by atoms with Gasteiger partial charge in [0.15, 0.2) is 0 Å². The number of H-pyrrole nitrogens is 1. The third kappa shape index (κ3) is 8.55. The number of rotatable bonds is 13. The van der Waals surface area contributed by atoms with E-state index in [0.29, 0.717) is 5.69 Å². The van der Waals surface area contributed by atoms with Gasteiger partial charge in [0, 0.05) is 24.1 Å². The number of nitrogens with zero attached hydrogens (tertiary/aromatic N) is 1. The number of primary amides is 1. The molecule has 1 aromatic heterocycles. The largest absolute Gasteiger partial charge is 0.480 e. The molecule has 0 bridgehead atoms. The minimum absolute atomic E-state index is 0.0535. The Kier molecular flexibility index (Phi) is 10.6. The van der Waals surface area contributed by atoms with Gasteiger partial charge < -0.3 is 37.5 Å². The summed E-state index contributed by atoms with van der Waals surface area (Å²) in [6.45, 7) is 3.32. The Balaban J connectivity index is 2.95. The summed E-state index contributed by atoms with van der Waals surface area (Å²) >= 11 is 3.94. The monoisotopic (exact) mass is 471 g/mol. The molecule has 13 nitrogen and oxygen atoms in total. The maximum atomic E-state index is 12.8. The van der Waals surface area contributed by atoms with Crippen LogP contribution in [0.15, 0.2) is 12.5 Å². The Morgan fingerprint density at radius 3 is 2.19 bits per heavy atom. The number of carboxylic acids is 1. The van der Waals surface area contributed by atoms with Crippen molar-refractivity contribution in [3.8, 4) is 0 Å². The van der Waals surface area contributed by atoms with Gasteiger partial charge in [0.2, 0.25) is 23.6 Å². The summed E-state index contributed by atoms with van der Waals surface area (Å²) in [4.78, 5) is 67.0. The van der Waals surface area contributed by atoms with E-state index < -0.39 is 66.1 Å². The summed E-state index contributed by atoms with van der Waals surface area (Å²) in [5, 5.41) is 16.5. The Bertz CT molecular complexity index is 817. The molecule has 1 aromatic rings. The first-order valence-electron chi connectivity index (χ1n) is 9.72. The summed E-state index contributed by atoms with van der Waals surface area (Å²) in [6.07, 6.45) is 2.07. The maximum absolute atomic E-state index is 12.8. The first-order chi connectivity index (χ1) is 15.0. The number of nitrogens with two attached hydrogens (primary N) is 2. The molecule has 0 fully saturated rings. The minimum Gasteiger partial charge on any atom is -0.480 e. The van der Waals surface area contributed by atoms with Crippen molar-refractivity contribution in [1.82, 2.24) is 25.9 Å². The number of aliphatic carboxylic acids is 1. The normalized spacial score (nSPS) is 14.7. The highest BCUT2D eigenvalue weighted by atomic mass is 32.1. The second-order valence-corrected chi connectivity index (χ2v) is 7.80. The van der Waals surface area contributed by atoms with Crippen LogP contribution in [0.3, 0.4) is 0 Å². The maximum Gasteiger partial charge on any atom is 0.326 e. The molecule has 0 aliphatic carbocycles. The lowest BCUT2D eigenvalue weighted by Gasteiger charge is -2.26. The van der Waals surface area contributed by atoms with E-state index in [2.05, 4.69) is 38.5 Å². The third-order valence-electron chi connectivity index (χ3n) is 4.41. The predicted octanol–water partition coefficient (Wildman–Crippen LogP) is -2.72. The first-order valence-corrected chi connectivity index (χ1v) is 10.3. The summed E-state index contributed by atoms with van der Waals surface area (Å²) in [5.74, 6) is -4.87. The first kappa shape index (κ1) is 26.9. The molecule has 178 valence electrons. The second-order valence-electron chi connectivity index (χ2n) is 7.43. The molecule has 0 saturated carbocycles. The smallest absolute Gasteiger partial charge is 0.326 e. The second kappa shape index (κ2) is 12.7. The number of carbonyl (C=O) groups excluding carboxylic acids is 4. The van der Waals surface area contributed by atoms with Gasteiger partial charge in [-0.1, -0.05) is 13.8 Å². The van der Waals surface area contributed by atoms with Crippen LogP contribution in [0.25, 0.3) is 0 Å². The van der Waals surface area contributed by atoms with Crippen molar-refractivity contribution in [3.63, 3.8) is 0 Å². The number of carboxylic acid groups (broad SMARTS) is 1. The van der Waals surface area contributed by atoms with Crippen molar-refractivity contribution in [1.29, 1.82) is 0 Å². The summed E-state index contributed by atoms with van der Waals surface area (Å²) in [6, 6.07) is -4.84. The molecule has 32 heavy (non-hydrogen) atoms. The molecule has 1 rings (SSSR count). The van der Waals surface area contributed by atoms with Crippen molar-refractivity contribution in [3.05, 3.63) is 18.2 Å². The molecular weight excluding hydrogens is 442 g/mol. The quantitative estimate of drug-likeness (QED) is 0.141. The van der Waals surface area contributed by atoms with Crippen LogP contribution in [0, 0.1) is 5.92 Å². The molecule has 0 saturated heterocycles. The van der Waals surface area contributed by atoms with Crippen molar-refractivity contribution in [2.45, 2.75) is 50.9 Å². The van der Waals surface area contributed by atoms with Gasteiger partial charge in [0.05, 0.1) is 18.8 Å². The van der Waals surface area contributed by atoms with Gasteiger partial charge in [0.25, 0.3) is 0 Å². The van der Waals surface area contributed by atoms with Gasteiger partial charge in [-0.15, -0.1) is 0 Å². The molecular formula is C18H29N7O6S. The number of thiol groups is 1. The summed E-state index contributed by atoms with van der Waals surface area (Å²) in [5.41, 5.74) is 11.3. The fourth-order valence-corrected chi connectivity index (χ4v) is 2.80. The molecule has 1 heterocycles. The van der Waals surface area contributed by atoms with E-state index in [9.17, 15) is 29.1 Å². The van der Waals surface area contributed by atoms with E-state index >= 15 is 0 Å². The average molecular weight is 472 g/mol. The SMILES string of the molecule is CC(C)C(NC(=O)C(N)CS)C(=O)NC(CC(N)=O)C(=O)NC(Cc1cnc[nH]1)C(=O)O. The molecule has 14 heteroatoms. The number of imidazole rings is 1. The van der Waals surface area contributed by atoms with Gasteiger partial charge in [-0.25, -0.2) is 9.78 Å². The molecule has 0 aliphatic heterocycles. The van der Waals surface area contributed by atoms with Crippen molar-refractivity contribution >= 4 is 42.2 Å². The van der Waals surface area contributed by atoms with Gasteiger partial charge >= 0.3 is 5.97 Å². The van der Waals surface area contributed by atoms with E-state index in [1.807, 2.05) is 0 Å². The number of carbonyl (C=O) groups is 5. The van der Waals surface area contributed by atoms with E-state index in [1.54, 1.807) is 13.8 Å². The number of nitrogens with one attached hydrogen (secondary N) is 4. The Labute approximate surface area is 189 Å². The minimum atomic E-state index is -1.46. The van der Waals surface area contributed by atoms with Crippen LogP contribution in [-0.2, 0) is 30.4 Å². The average Bonchev–Trinajstić information content (AvgIpc) is 3.22. The Morgan fingerprint density at radius 1 is 1.09 bits per heavy atom. The highest BCUT2D eigenvalue weighted by molar-refractivity contribution is 7.80. The van der Waals surface area contributed by atoms with Crippen LogP contribution in [-0.4, -0.2) is 74.6 Å². The Morgan fingerprint density at radius 2 is 1.72 bits per heavy atom. The molecule has 0 radical (unpaired) electrons. The highest BCUT2D eigenvalue weighted by Gasteiger charge is 2.32. The zero-order valence-corrected chi connectivity index (χ0v) is 18.6. The lowest BCUT2D eigenvalue weighted by molar-refractivity contribution is -0.142. The number of aromatic nitrogens is 2. The van der Waals surface area contributed by atoms with Gasteiger partial charge in [-0.3, -0.25) is 19.2 Å². The van der Waals surface area contributed by atoms with Crippen LogP contribution < -0.4 is 27.4 Å². The van der Waals surface area contributed by atoms with Crippen molar-refractivity contribution in [2.24, 2.45) is 17.4 Å². The summed E-state index contributed by atoms with van der Waals surface area (Å²) in [7, 11) is 0. The fourth-order valence-electron chi connectivity index (χ4n) is 2.64. The predicted molar refractivity (Wildman–Crippen MR) is 116 cm³/mol. The molecule has 4 amide bonds. The van der Waals surface area contributed by atoms with Crippen LogP contribution in [0.4, 0.5) is 0 Å². The fraction of sp³-hybridized carbons (Fsp3) is 0.556. The molecule has 0 spiro atoms. The molecule has 4 atom stereocenters. The molecule has 9 N–H and O–H groups in total. The highest BCUT2D eigenvalue weighted by Crippen LogP contribution is 2.06. The van der Waals surface area contributed by atoms with E-state index in [4.69, 9.17) is 11.5 Å².